The number of unbranched alkanes of at least 4 members (excludes halogenated alkanes) is 30. The van der Waals surface area contributed by atoms with E-state index in [1.807, 2.05) is 49.1 Å². The van der Waals surface area contributed by atoms with E-state index < -0.39 is 0 Å². The summed E-state index contributed by atoms with van der Waals surface area (Å²) in [5, 5.41) is 0. The Hall–Kier alpha value is -3.74. The van der Waals surface area contributed by atoms with Crippen LogP contribution >= 0.6 is 0 Å². The van der Waals surface area contributed by atoms with Crippen molar-refractivity contribution in [3.63, 3.8) is 0 Å². The fourth-order valence-electron chi connectivity index (χ4n) is 9.86. The van der Waals surface area contributed by atoms with Crippen molar-refractivity contribution in [3.05, 3.63) is 95.6 Å². The van der Waals surface area contributed by atoms with Gasteiger partial charge in [-0.25, -0.2) is 0 Å². The monoisotopic (exact) mass is 1310 g/mol. The second-order valence-electron chi connectivity index (χ2n) is 22.5. The summed E-state index contributed by atoms with van der Waals surface area (Å²) >= 11 is 0. The summed E-state index contributed by atoms with van der Waals surface area (Å²) < 4.78 is 38.7. The average Bonchev–Trinajstić information content (AvgIpc) is 3.50. The molecule has 11 heteroatoms. The summed E-state index contributed by atoms with van der Waals surface area (Å²) in [6.45, 7) is 17.7. The fraction of sp³-hybridized carbons (Fsp3) is 0.649. The molecule has 2 aromatic carbocycles. The van der Waals surface area contributed by atoms with Crippen LogP contribution in [0.2, 0.25) is 0 Å². The van der Waals surface area contributed by atoms with Crippen LogP contribution in [0.1, 0.15) is 295 Å². The molecule has 2 heterocycles. The van der Waals surface area contributed by atoms with Gasteiger partial charge in [-0.3, -0.25) is 9.97 Å². The summed E-state index contributed by atoms with van der Waals surface area (Å²) in [6, 6.07) is 16.4. The van der Waals surface area contributed by atoms with Crippen molar-refractivity contribution in [2.75, 3.05) is 39.6 Å². The molecule has 85 heavy (non-hydrogen) atoms. The molecule has 4 aromatic rings. The van der Waals surface area contributed by atoms with Gasteiger partial charge in [-0.15, -0.1) is 0 Å². The molecular weight excluding hydrogens is 1190 g/mol. The van der Waals surface area contributed by atoms with E-state index in [1.54, 1.807) is 0 Å². The van der Waals surface area contributed by atoms with Crippen LogP contribution in [-0.2, 0) is 20.4 Å². The number of aromatic nitrogens is 2. The number of hydrogen-bond donors (Lipinski definition) is 0. The summed E-state index contributed by atoms with van der Waals surface area (Å²) in [7, 11) is 0. The van der Waals surface area contributed by atoms with Gasteiger partial charge in [0.2, 0.25) is 11.5 Å². The van der Waals surface area contributed by atoms with E-state index in [0.29, 0.717) is 39.6 Å². The third kappa shape index (κ3) is 40.4. The van der Waals surface area contributed by atoms with Gasteiger partial charge < -0.3 is 53.2 Å². The third-order valence-corrected chi connectivity index (χ3v) is 15.0. The van der Waals surface area contributed by atoms with Gasteiger partial charge in [0.1, 0.15) is 0 Å². The summed E-state index contributed by atoms with van der Waals surface area (Å²) in [5.41, 5.74) is 4.27. The molecule has 0 aliphatic rings. The number of benzene rings is 2. The Morgan fingerprint density at radius 2 is 0.482 bits per heavy atom. The summed E-state index contributed by atoms with van der Waals surface area (Å²) in [6.07, 6.45) is 60.4. The van der Waals surface area contributed by atoms with Crippen LogP contribution in [0.15, 0.2) is 73.3 Å². The van der Waals surface area contributed by atoms with Crippen LogP contribution in [0.25, 0.3) is 24.3 Å². The van der Waals surface area contributed by atoms with Crippen molar-refractivity contribution < 1.29 is 73.7 Å². The predicted molar refractivity (Wildman–Crippen MR) is 352 cm³/mol. The molecule has 8 nitrogen and oxygen atoms in total. The molecule has 0 bridgehead atoms. The Kier molecular flexibility index (Phi) is 56.6. The molecule has 0 N–H and O–H groups in total. The van der Waals surface area contributed by atoms with Gasteiger partial charge in [-0.05, 0) is 98.2 Å². The Bertz CT molecular complexity index is 2000. The normalized spacial score (nSPS) is 10.9. The van der Waals surface area contributed by atoms with Crippen LogP contribution in [-0.4, -0.2) is 49.6 Å². The van der Waals surface area contributed by atoms with Crippen molar-refractivity contribution in [2.45, 2.75) is 273 Å². The van der Waals surface area contributed by atoms with Gasteiger partial charge in [0.25, 0.3) is 0 Å². The number of hydrogen-bond acceptors (Lipinski definition) is 8. The van der Waals surface area contributed by atoms with E-state index in [0.717, 1.165) is 95.3 Å². The average molecular weight is 1310 g/mol. The Morgan fingerprint density at radius 3 is 0.741 bits per heavy atom. The Labute approximate surface area is 546 Å². The summed E-state index contributed by atoms with van der Waals surface area (Å²) in [5.74, 6) is 4.79. The van der Waals surface area contributed by atoms with Crippen molar-refractivity contribution in [1.29, 1.82) is 0 Å². The van der Waals surface area contributed by atoms with Gasteiger partial charge in [-0.2, -0.15) is 0 Å². The molecule has 0 saturated carbocycles. The molecule has 0 atom stereocenters. The number of pyridine rings is 2. The minimum Gasteiger partial charge on any atom is -1.00 e. The van der Waals surface area contributed by atoms with Gasteiger partial charge in [-0.1, -0.05) is 258 Å². The van der Waals surface area contributed by atoms with Gasteiger partial charge >= 0.3 is 0 Å². The maximum absolute atomic E-state index is 6.52. The van der Waals surface area contributed by atoms with Crippen molar-refractivity contribution in [3.8, 4) is 34.5 Å². The Morgan fingerprint density at radius 1 is 0.259 bits per heavy atom. The molecule has 2 aromatic heterocycles. The first kappa shape index (κ1) is 81.3. The third-order valence-electron chi connectivity index (χ3n) is 15.0. The van der Waals surface area contributed by atoms with E-state index in [4.69, 9.17) is 28.4 Å². The standard InChI is InChI=1S/2C37H59NO3.2ClH.Pd/c2*1-4-7-10-13-16-19-30-39-35-25-24-34(23-22-33-26-28-38-29-27-33)36(40-31-20-17-14-11-8-5-2)37(35)41-32-21-18-15-12-9-6-3;;;/h2*22-29H,4-21,30-32H2,1-3H3;2*1H;/p-2/b2*23-22+;;;. The maximum Gasteiger partial charge on any atom is 0.204 e. The molecule has 0 spiro atoms. The van der Waals surface area contributed by atoms with E-state index in [2.05, 4.69) is 100 Å². The molecular formula is C74H118Cl2N2O6Pd-2. The molecule has 0 aliphatic heterocycles. The zero-order valence-corrected chi connectivity index (χ0v) is 57.4. The van der Waals surface area contributed by atoms with Gasteiger partial charge in [0.05, 0.1) is 39.6 Å². The molecule has 0 saturated heterocycles. The largest absolute Gasteiger partial charge is 1.00 e. The quantitative estimate of drug-likeness (QED) is 0.0320. The fourth-order valence-corrected chi connectivity index (χ4v) is 9.86. The number of rotatable bonds is 52. The number of halogens is 2. The Balaban J connectivity index is 0.00000160. The predicted octanol–water partition coefficient (Wildman–Crippen LogP) is 16.9. The van der Waals surface area contributed by atoms with E-state index in [1.165, 1.54) is 193 Å². The van der Waals surface area contributed by atoms with Crippen molar-refractivity contribution in [1.82, 2.24) is 9.97 Å². The van der Waals surface area contributed by atoms with Crippen LogP contribution in [0.3, 0.4) is 0 Å². The topological polar surface area (TPSA) is 81.2 Å². The molecule has 0 fully saturated rings. The number of nitrogens with zero attached hydrogens (tertiary/aromatic N) is 2. The summed E-state index contributed by atoms with van der Waals surface area (Å²) in [4.78, 5) is 8.29. The van der Waals surface area contributed by atoms with Gasteiger partial charge in [0.15, 0.2) is 23.0 Å². The van der Waals surface area contributed by atoms with Crippen molar-refractivity contribution in [2.24, 2.45) is 0 Å². The molecule has 0 unspecified atom stereocenters. The smallest absolute Gasteiger partial charge is 0.204 e. The van der Waals surface area contributed by atoms with E-state index >= 15 is 0 Å². The van der Waals surface area contributed by atoms with Crippen LogP contribution in [0.5, 0.6) is 34.5 Å². The zero-order chi connectivity index (χ0) is 58.4. The van der Waals surface area contributed by atoms with Crippen LogP contribution < -0.4 is 53.2 Å². The van der Waals surface area contributed by atoms with Crippen LogP contribution in [0, 0.1) is 0 Å². The molecule has 0 amide bonds. The van der Waals surface area contributed by atoms with E-state index in [-0.39, 0.29) is 45.2 Å². The van der Waals surface area contributed by atoms with E-state index in [9.17, 15) is 0 Å². The first-order chi connectivity index (χ1) is 40.6. The molecule has 0 aliphatic carbocycles. The molecule has 486 valence electrons. The SMILES string of the molecule is CCCCCCCCOc1ccc(/C=C/c2ccncc2)c(OCCCCCCCC)c1OCCCCCCCC.CCCCCCCCOc1ccc(/C=C/c2ccncc2)c(OCCCCCCCC)c1OCCCCCCCC.[Cl-].[Cl-].[Pd]. The van der Waals surface area contributed by atoms with Crippen molar-refractivity contribution >= 4 is 24.3 Å². The zero-order valence-electron chi connectivity index (χ0n) is 54.4. The molecule has 0 radical (unpaired) electrons. The first-order valence-electron chi connectivity index (χ1n) is 33.9. The van der Waals surface area contributed by atoms with Crippen LogP contribution in [0.4, 0.5) is 0 Å². The van der Waals surface area contributed by atoms with Gasteiger partial charge in [0, 0.05) is 56.3 Å². The molecule has 4 rings (SSSR count). The first-order valence-corrected chi connectivity index (χ1v) is 33.9. The minimum absolute atomic E-state index is 0. The second kappa shape index (κ2) is 59.2. The minimum atomic E-state index is 0. The number of ether oxygens (including phenoxy) is 6. The second-order valence-corrected chi connectivity index (χ2v) is 22.5. The maximum atomic E-state index is 6.52.